The van der Waals surface area contributed by atoms with E-state index in [0.717, 1.165) is 29.7 Å². The molecule has 0 spiro atoms. The number of aryl methyl sites for hydroxylation is 2. The summed E-state index contributed by atoms with van der Waals surface area (Å²) in [5.41, 5.74) is 4.32. The Kier molecular flexibility index (Phi) is 6.40. The first-order valence-corrected chi connectivity index (χ1v) is 10.5. The summed E-state index contributed by atoms with van der Waals surface area (Å²) in [6.07, 6.45) is 4.01. The summed E-state index contributed by atoms with van der Waals surface area (Å²) < 4.78 is 0. The van der Waals surface area contributed by atoms with Gasteiger partial charge in [0.15, 0.2) is 5.17 Å². The van der Waals surface area contributed by atoms with Gasteiger partial charge in [0.05, 0.1) is 10.7 Å². The standard InChI is InChI=1S/C22H23ClN2OS/c1-4-5-12-27-22-24-19(14-17-9-6-15(2)7-10-17)21(26)25(22)20-11-8-16(3)13-18(20)23/h6-11,13-14H,4-5,12H2,1-3H3/b19-14+. The average molecular weight is 399 g/mol. The number of amidine groups is 1. The Balaban J connectivity index is 1.97. The van der Waals surface area contributed by atoms with Crippen molar-refractivity contribution in [2.24, 2.45) is 4.99 Å². The number of rotatable bonds is 5. The van der Waals surface area contributed by atoms with Crippen LogP contribution < -0.4 is 4.90 Å². The van der Waals surface area contributed by atoms with Gasteiger partial charge in [0.1, 0.15) is 5.70 Å². The summed E-state index contributed by atoms with van der Waals surface area (Å²) in [7, 11) is 0. The average Bonchev–Trinajstić information content (AvgIpc) is 2.93. The molecule has 3 rings (SSSR count). The smallest absolute Gasteiger partial charge is 0.266 e. The molecule has 1 heterocycles. The van der Waals surface area contributed by atoms with E-state index in [1.54, 1.807) is 16.7 Å². The topological polar surface area (TPSA) is 32.7 Å². The van der Waals surface area contributed by atoms with E-state index >= 15 is 0 Å². The van der Waals surface area contributed by atoms with Crippen LogP contribution in [0.25, 0.3) is 6.08 Å². The number of hydrogen-bond donors (Lipinski definition) is 0. The lowest BCUT2D eigenvalue weighted by molar-refractivity contribution is -0.113. The van der Waals surface area contributed by atoms with Gasteiger partial charge in [0.25, 0.3) is 5.91 Å². The molecule has 5 heteroatoms. The highest BCUT2D eigenvalue weighted by molar-refractivity contribution is 8.14. The molecule has 0 saturated heterocycles. The Morgan fingerprint density at radius 3 is 2.48 bits per heavy atom. The summed E-state index contributed by atoms with van der Waals surface area (Å²) >= 11 is 8.05. The number of halogens is 1. The Labute approximate surface area is 170 Å². The molecule has 0 bridgehead atoms. The highest BCUT2D eigenvalue weighted by Crippen LogP contribution is 2.34. The number of amides is 1. The molecule has 3 nitrogen and oxygen atoms in total. The number of benzene rings is 2. The first-order chi connectivity index (χ1) is 13.0. The fourth-order valence-electron chi connectivity index (χ4n) is 2.73. The van der Waals surface area contributed by atoms with E-state index < -0.39 is 0 Å². The molecule has 0 N–H and O–H groups in total. The highest BCUT2D eigenvalue weighted by atomic mass is 35.5. The first-order valence-electron chi connectivity index (χ1n) is 9.10. The summed E-state index contributed by atoms with van der Waals surface area (Å²) in [6, 6.07) is 13.8. The third kappa shape index (κ3) is 4.63. The molecule has 1 amide bonds. The van der Waals surface area contributed by atoms with Gasteiger partial charge < -0.3 is 0 Å². The molecule has 0 atom stereocenters. The lowest BCUT2D eigenvalue weighted by atomic mass is 10.1. The summed E-state index contributed by atoms with van der Waals surface area (Å²) in [4.78, 5) is 19.4. The van der Waals surface area contributed by atoms with E-state index in [1.807, 2.05) is 62.4 Å². The largest absolute Gasteiger partial charge is 0.283 e. The molecule has 0 radical (unpaired) electrons. The summed E-state index contributed by atoms with van der Waals surface area (Å²) in [5, 5.41) is 1.25. The number of nitrogens with zero attached hydrogens (tertiary/aromatic N) is 2. The number of hydrogen-bond acceptors (Lipinski definition) is 3. The normalized spacial score (nSPS) is 15.6. The number of carbonyl (C=O) groups excluding carboxylic acids is 1. The Bertz CT molecular complexity index is 903. The molecule has 2 aromatic carbocycles. The van der Waals surface area contributed by atoms with Crippen LogP contribution in [-0.2, 0) is 4.79 Å². The third-order valence-electron chi connectivity index (χ3n) is 4.28. The van der Waals surface area contributed by atoms with Crippen LogP contribution in [-0.4, -0.2) is 16.8 Å². The van der Waals surface area contributed by atoms with Crippen molar-refractivity contribution in [3.05, 3.63) is 69.9 Å². The van der Waals surface area contributed by atoms with Crippen LogP contribution in [0.3, 0.4) is 0 Å². The van der Waals surface area contributed by atoms with Crippen LogP contribution in [0.5, 0.6) is 0 Å². The van der Waals surface area contributed by atoms with E-state index in [1.165, 1.54) is 5.56 Å². The molecule has 1 aliphatic heterocycles. The zero-order valence-electron chi connectivity index (χ0n) is 15.8. The fourth-order valence-corrected chi connectivity index (χ4v) is 4.14. The SMILES string of the molecule is CCCCSC1=N/C(=C/c2ccc(C)cc2)C(=O)N1c1ccc(C)cc1Cl. The van der Waals surface area contributed by atoms with Crippen LogP contribution >= 0.6 is 23.4 Å². The molecular weight excluding hydrogens is 376 g/mol. The number of unbranched alkanes of at least 4 members (excludes halogenated alkanes) is 1. The van der Waals surface area contributed by atoms with Crippen LogP contribution in [0.4, 0.5) is 5.69 Å². The maximum absolute atomic E-state index is 13.1. The number of aliphatic imine (C=N–C) groups is 1. The van der Waals surface area contributed by atoms with Gasteiger partial charge in [0, 0.05) is 5.75 Å². The van der Waals surface area contributed by atoms with Crippen molar-refractivity contribution >= 4 is 46.2 Å². The van der Waals surface area contributed by atoms with E-state index in [9.17, 15) is 4.79 Å². The zero-order valence-corrected chi connectivity index (χ0v) is 17.4. The summed E-state index contributed by atoms with van der Waals surface area (Å²) in [6.45, 7) is 6.17. The molecule has 140 valence electrons. The molecule has 1 aliphatic rings. The van der Waals surface area contributed by atoms with Gasteiger partial charge in [-0.1, -0.05) is 72.6 Å². The monoisotopic (exact) mass is 398 g/mol. The second-order valence-electron chi connectivity index (χ2n) is 6.63. The van der Waals surface area contributed by atoms with Crippen LogP contribution in [0, 0.1) is 13.8 Å². The van der Waals surface area contributed by atoms with Gasteiger partial charge in [0.2, 0.25) is 0 Å². The fraction of sp³-hybridized carbons (Fsp3) is 0.273. The maximum atomic E-state index is 13.1. The minimum atomic E-state index is -0.139. The van der Waals surface area contributed by atoms with Crippen molar-refractivity contribution < 1.29 is 4.79 Å². The number of carbonyl (C=O) groups is 1. The van der Waals surface area contributed by atoms with Crippen LogP contribution in [0.15, 0.2) is 53.2 Å². The lowest BCUT2D eigenvalue weighted by Gasteiger charge is -2.19. The van der Waals surface area contributed by atoms with Gasteiger partial charge in [-0.2, -0.15) is 0 Å². The lowest BCUT2D eigenvalue weighted by Crippen LogP contribution is -2.30. The maximum Gasteiger partial charge on any atom is 0.283 e. The van der Waals surface area contributed by atoms with Crippen LogP contribution in [0.1, 0.15) is 36.5 Å². The predicted octanol–water partition coefficient (Wildman–Crippen LogP) is 6.23. The molecule has 0 unspecified atom stereocenters. The third-order valence-corrected chi connectivity index (χ3v) is 5.61. The minimum Gasteiger partial charge on any atom is -0.266 e. The second kappa shape index (κ2) is 8.77. The molecular formula is C22H23ClN2OS. The molecule has 2 aromatic rings. The van der Waals surface area contributed by atoms with Crippen LogP contribution in [0.2, 0.25) is 5.02 Å². The first kappa shape index (κ1) is 19.7. The van der Waals surface area contributed by atoms with E-state index in [-0.39, 0.29) is 5.91 Å². The highest BCUT2D eigenvalue weighted by Gasteiger charge is 2.33. The number of thioether (sulfide) groups is 1. The van der Waals surface area contributed by atoms with Gasteiger partial charge in [-0.15, -0.1) is 0 Å². The van der Waals surface area contributed by atoms with Crippen molar-refractivity contribution in [1.29, 1.82) is 0 Å². The molecule has 27 heavy (non-hydrogen) atoms. The Morgan fingerprint density at radius 1 is 1.11 bits per heavy atom. The van der Waals surface area contributed by atoms with E-state index in [2.05, 4.69) is 11.9 Å². The molecule has 0 aromatic heterocycles. The zero-order chi connectivity index (χ0) is 19.4. The molecule has 0 fully saturated rings. The van der Waals surface area contributed by atoms with Crippen molar-refractivity contribution in [1.82, 2.24) is 0 Å². The van der Waals surface area contributed by atoms with Gasteiger partial charge >= 0.3 is 0 Å². The van der Waals surface area contributed by atoms with Crippen molar-refractivity contribution in [3.63, 3.8) is 0 Å². The van der Waals surface area contributed by atoms with Crippen molar-refractivity contribution in [2.45, 2.75) is 33.6 Å². The Hall–Kier alpha value is -2.04. The van der Waals surface area contributed by atoms with Crippen molar-refractivity contribution in [3.8, 4) is 0 Å². The number of anilines is 1. The quantitative estimate of drug-likeness (QED) is 0.441. The minimum absolute atomic E-state index is 0.139. The predicted molar refractivity (Wildman–Crippen MR) is 118 cm³/mol. The van der Waals surface area contributed by atoms with Gasteiger partial charge in [-0.3, -0.25) is 9.69 Å². The van der Waals surface area contributed by atoms with Crippen molar-refractivity contribution in [2.75, 3.05) is 10.7 Å². The van der Waals surface area contributed by atoms with Gasteiger partial charge in [-0.25, -0.2) is 4.99 Å². The van der Waals surface area contributed by atoms with Gasteiger partial charge in [-0.05, 0) is 49.6 Å². The van der Waals surface area contributed by atoms with E-state index in [4.69, 9.17) is 11.6 Å². The second-order valence-corrected chi connectivity index (χ2v) is 8.10. The summed E-state index contributed by atoms with van der Waals surface area (Å²) in [5.74, 6) is 0.778. The van der Waals surface area contributed by atoms with E-state index in [0.29, 0.717) is 21.6 Å². The molecule has 0 saturated carbocycles. The Morgan fingerprint density at radius 2 is 1.81 bits per heavy atom. The molecule has 0 aliphatic carbocycles.